The summed E-state index contributed by atoms with van der Waals surface area (Å²) in [5.74, 6) is 1.65. The third-order valence-corrected chi connectivity index (χ3v) is 8.81. The molecule has 2 fully saturated rings. The Bertz CT molecular complexity index is 1350. The molecule has 1 saturated carbocycles. The average Bonchev–Trinajstić information content (AvgIpc) is 3.59. The summed E-state index contributed by atoms with van der Waals surface area (Å²) in [7, 11) is 1.72. The van der Waals surface area contributed by atoms with Crippen LogP contribution in [0.15, 0.2) is 85.2 Å². The van der Waals surface area contributed by atoms with Crippen molar-refractivity contribution < 1.29 is 4.74 Å². The number of nitrogens with zero attached hydrogens (tertiary/aromatic N) is 4. The van der Waals surface area contributed by atoms with Gasteiger partial charge in [-0.05, 0) is 89.5 Å². The van der Waals surface area contributed by atoms with E-state index in [0.29, 0.717) is 0 Å². The summed E-state index contributed by atoms with van der Waals surface area (Å²) in [4.78, 5) is 5.03. The van der Waals surface area contributed by atoms with E-state index in [4.69, 9.17) is 4.74 Å². The van der Waals surface area contributed by atoms with Crippen LogP contribution in [-0.4, -0.2) is 61.1 Å². The molecule has 2 heterocycles. The minimum Gasteiger partial charge on any atom is -0.497 e. The van der Waals surface area contributed by atoms with E-state index in [0.717, 1.165) is 63.2 Å². The second-order valence-electron chi connectivity index (χ2n) is 11.5. The van der Waals surface area contributed by atoms with Crippen LogP contribution in [0.25, 0.3) is 16.8 Å². The number of nitrogens with one attached hydrogen (secondary N) is 1. The molecule has 1 aliphatic heterocycles. The van der Waals surface area contributed by atoms with Crippen molar-refractivity contribution in [2.24, 2.45) is 0 Å². The molecule has 41 heavy (non-hydrogen) atoms. The summed E-state index contributed by atoms with van der Waals surface area (Å²) in [5, 5.41) is 8.22. The molecule has 0 unspecified atom stereocenters. The number of aromatic nitrogens is 2. The zero-order valence-corrected chi connectivity index (χ0v) is 24.3. The highest BCUT2D eigenvalue weighted by Crippen LogP contribution is 2.34. The molecule has 0 spiro atoms. The van der Waals surface area contributed by atoms with E-state index in [2.05, 4.69) is 74.8 Å². The fourth-order valence-corrected chi connectivity index (χ4v) is 6.37. The maximum atomic E-state index is 5.30. The Hall–Kier alpha value is -3.61. The van der Waals surface area contributed by atoms with Crippen molar-refractivity contribution in [2.45, 2.75) is 44.6 Å². The van der Waals surface area contributed by atoms with Gasteiger partial charge in [-0.1, -0.05) is 43.5 Å². The van der Waals surface area contributed by atoms with E-state index in [1.165, 1.54) is 60.0 Å². The van der Waals surface area contributed by atoms with E-state index in [9.17, 15) is 0 Å². The molecule has 6 nitrogen and oxygen atoms in total. The van der Waals surface area contributed by atoms with Crippen molar-refractivity contribution in [2.75, 3.05) is 51.3 Å². The minimum absolute atomic E-state index is 0.735. The van der Waals surface area contributed by atoms with Crippen molar-refractivity contribution in [3.63, 3.8) is 0 Å². The smallest absolute Gasteiger partial charge is 0.119 e. The molecule has 0 atom stereocenters. The molecule has 1 N–H and O–H groups in total. The van der Waals surface area contributed by atoms with Gasteiger partial charge >= 0.3 is 0 Å². The van der Waals surface area contributed by atoms with Gasteiger partial charge in [0.25, 0.3) is 0 Å². The van der Waals surface area contributed by atoms with Crippen LogP contribution in [0.3, 0.4) is 0 Å². The summed E-state index contributed by atoms with van der Waals surface area (Å²) < 4.78 is 7.27. The number of methoxy groups -OCH3 is 1. The van der Waals surface area contributed by atoms with Gasteiger partial charge in [0.2, 0.25) is 0 Å². The molecular weight excluding hydrogens is 506 g/mol. The lowest BCUT2D eigenvalue weighted by molar-refractivity contribution is 0.257. The lowest BCUT2D eigenvalue weighted by Gasteiger charge is -2.36. The normalized spacial score (nSPS) is 16.7. The number of benzene rings is 3. The third-order valence-electron chi connectivity index (χ3n) is 8.81. The van der Waals surface area contributed by atoms with Gasteiger partial charge in [0.15, 0.2) is 0 Å². The van der Waals surface area contributed by atoms with Crippen molar-refractivity contribution in [3.05, 3.63) is 96.3 Å². The van der Waals surface area contributed by atoms with Crippen molar-refractivity contribution in [1.82, 2.24) is 20.0 Å². The molecule has 3 aromatic carbocycles. The molecule has 2 aliphatic rings. The third kappa shape index (κ3) is 7.00. The van der Waals surface area contributed by atoms with Crippen molar-refractivity contribution in [3.8, 4) is 22.6 Å². The predicted octanol–water partition coefficient (Wildman–Crippen LogP) is 6.51. The Labute approximate surface area is 244 Å². The number of hydrogen-bond acceptors (Lipinski definition) is 5. The number of anilines is 1. The minimum atomic E-state index is 0.735. The molecule has 214 valence electrons. The van der Waals surface area contributed by atoms with Crippen LogP contribution in [0, 0.1) is 0 Å². The van der Waals surface area contributed by atoms with Gasteiger partial charge in [-0.15, -0.1) is 0 Å². The highest BCUT2D eigenvalue weighted by atomic mass is 16.5. The number of ether oxygens (including phenoxy) is 1. The van der Waals surface area contributed by atoms with Gasteiger partial charge < -0.3 is 15.0 Å². The molecule has 0 amide bonds. The Balaban J connectivity index is 1.05. The number of hydrogen-bond donors (Lipinski definition) is 1. The highest BCUT2D eigenvalue weighted by molar-refractivity contribution is 5.67. The molecule has 0 bridgehead atoms. The fourth-order valence-electron chi connectivity index (χ4n) is 6.37. The molecule has 1 saturated heterocycles. The van der Waals surface area contributed by atoms with Crippen molar-refractivity contribution in [1.29, 1.82) is 0 Å². The van der Waals surface area contributed by atoms with Gasteiger partial charge in [-0.25, -0.2) is 4.68 Å². The summed E-state index contributed by atoms with van der Waals surface area (Å²) in [6.45, 7) is 7.16. The van der Waals surface area contributed by atoms with Crippen LogP contribution in [0.5, 0.6) is 5.75 Å². The lowest BCUT2D eigenvalue weighted by Crippen LogP contribution is -2.48. The number of rotatable bonds is 10. The van der Waals surface area contributed by atoms with E-state index in [1.54, 1.807) is 7.11 Å². The van der Waals surface area contributed by atoms with Gasteiger partial charge in [-0.2, -0.15) is 5.10 Å². The number of piperazine rings is 1. The first-order valence-electron chi connectivity index (χ1n) is 15.3. The molecule has 6 heteroatoms. The van der Waals surface area contributed by atoms with Crippen LogP contribution < -0.4 is 15.0 Å². The molecule has 4 aromatic rings. The van der Waals surface area contributed by atoms with E-state index in [-0.39, 0.29) is 0 Å². The fraction of sp³-hybridized carbons (Fsp3) is 0.400. The standard InChI is InChI=1S/C35H43N5O/c1-41-35-14-12-33(13-15-35)39-22-20-38(21-23-39)19-17-36-27-28-24-32(26-34(25-28)40-18-5-16-37-40)31-10-8-30(9-11-31)29-6-3-2-4-7-29/h5,8-16,18,24-26,29,36H,2-4,6-7,17,19-23,27H2,1H3. The van der Waals surface area contributed by atoms with Crippen molar-refractivity contribution >= 4 is 5.69 Å². The van der Waals surface area contributed by atoms with Gasteiger partial charge in [0.05, 0.1) is 12.8 Å². The monoisotopic (exact) mass is 549 g/mol. The van der Waals surface area contributed by atoms with E-state index < -0.39 is 0 Å². The second kappa shape index (κ2) is 13.4. The SMILES string of the molecule is COc1ccc(N2CCN(CCNCc3cc(-c4ccc(C5CCCCC5)cc4)cc(-n4cccn4)c3)CC2)cc1. The second-order valence-corrected chi connectivity index (χ2v) is 11.5. The van der Waals surface area contributed by atoms with Crippen LogP contribution in [0.4, 0.5) is 5.69 Å². The average molecular weight is 550 g/mol. The quantitative estimate of drug-likeness (QED) is 0.229. The summed E-state index contributed by atoms with van der Waals surface area (Å²) in [6.07, 6.45) is 10.7. The maximum absolute atomic E-state index is 5.30. The lowest BCUT2D eigenvalue weighted by atomic mass is 9.83. The largest absolute Gasteiger partial charge is 0.497 e. The van der Waals surface area contributed by atoms with Crippen LogP contribution >= 0.6 is 0 Å². The first-order valence-corrected chi connectivity index (χ1v) is 15.3. The zero-order valence-electron chi connectivity index (χ0n) is 24.3. The van der Waals surface area contributed by atoms with Crippen LogP contribution in [-0.2, 0) is 6.54 Å². The topological polar surface area (TPSA) is 45.6 Å². The Morgan fingerprint density at radius 1 is 0.829 bits per heavy atom. The summed E-state index contributed by atoms with van der Waals surface area (Å²) in [5.41, 5.74) is 7.70. The maximum Gasteiger partial charge on any atom is 0.119 e. The van der Waals surface area contributed by atoms with Crippen LogP contribution in [0.2, 0.25) is 0 Å². The van der Waals surface area contributed by atoms with Crippen LogP contribution in [0.1, 0.15) is 49.1 Å². The molecular formula is C35H43N5O. The molecule has 1 aliphatic carbocycles. The summed E-state index contributed by atoms with van der Waals surface area (Å²) >= 11 is 0. The molecule has 0 radical (unpaired) electrons. The van der Waals surface area contributed by atoms with Gasteiger partial charge in [0, 0.05) is 63.9 Å². The van der Waals surface area contributed by atoms with E-state index in [1.807, 2.05) is 35.3 Å². The highest BCUT2D eigenvalue weighted by Gasteiger charge is 2.17. The molecule has 6 rings (SSSR count). The Morgan fingerprint density at radius 3 is 2.32 bits per heavy atom. The Kier molecular flexibility index (Phi) is 8.98. The van der Waals surface area contributed by atoms with Gasteiger partial charge in [-0.3, -0.25) is 4.90 Å². The first kappa shape index (κ1) is 27.6. The summed E-state index contributed by atoms with van der Waals surface area (Å²) in [6, 6.07) is 26.6. The first-order chi connectivity index (χ1) is 20.2. The van der Waals surface area contributed by atoms with E-state index >= 15 is 0 Å². The molecule has 1 aromatic heterocycles. The van der Waals surface area contributed by atoms with Gasteiger partial charge in [0.1, 0.15) is 5.75 Å². The predicted molar refractivity (Wildman–Crippen MR) is 168 cm³/mol. The Morgan fingerprint density at radius 2 is 1.61 bits per heavy atom. The zero-order chi connectivity index (χ0) is 27.9.